The van der Waals surface area contributed by atoms with Crippen LogP contribution in [0.2, 0.25) is 0 Å². The number of rotatable bonds is 11. The molecular formula is C17H24N2O2S5. The molecule has 1 aromatic rings. The highest BCUT2D eigenvalue weighted by Crippen LogP contribution is 2.18. The number of benzene rings is 1. The molecule has 1 atom stereocenters. The molecule has 0 aliphatic rings. The van der Waals surface area contributed by atoms with Crippen LogP contribution >= 0.6 is 61.4 Å². The third kappa shape index (κ3) is 12.9. The molecule has 0 aliphatic carbocycles. The number of carbonyl (C=O) groups excluding carboxylic acids is 2. The summed E-state index contributed by atoms with van der Waals surface area (Å²) in [7, 11) is 0. The Morgan fingerprint density at radius 3 is 2.50 bits per heavy atom. The van der Waals surface area contributed by atoms with Gasteiger partial charge in [-0.15, -0.1) is 0 Å². The number of thioether (sulfide) groups is 2. The first-order chi connectivity index (χ1) is 12.6. The van der Waals surface area contributed by atoms with Crippen molar-refractivity contribution in [1.82, 2.24) is 0 Å². The predicted molar refractivity (Wildman–Crippen MR) is 127 cm³/mol. The van der Waals surface area contributed by atoms with Gasteiger partial charge in [0, 0.05) is 33.8 Å². The second kappa shape index (κ2) is 18.0. The van der Waals surface area contributed by atoms with Gasteiger partial charge in [0.15, 0.2) is 5.94 Å². The van der Waals surface area contributed by atoms with Crippen LogP contribution in [0.1, 0.15) is 11.1 Å². The summed E-state index contributed by atoms with van der Waals surface area (Å²) in [5.41, 5.74) is 6.80. The fourth-order valence-corrected chi connectivity index (χ4v) is 4.89. The van der Waals surface area contributed by atoms with E-state index in [0.717, 1.165) is 34.3 Å². The van der Waals surface area contributed by atoms with Crippen molar-refractivity contribution in [3.05, 3.63) is 35.4 Å². The van der Waals surface area contributed by atoms with Gasteiger partial charge in [0.25, 0.3) is 0 Å². The maximum Gasteiger partial charge on any atom is 0.235 e. The minimum atomic E-state index is 0.0435. The summed E-state index contributed by atoms with van der Waals surface area (Å²) < 4.78 is 0. The van der Waals surface area contributed by atoms with Gasteiger partial charge >= 0.3 is 0 Å². The van der Waals surface area contributed by atoms with Crippen molar-refractivity contribution in [2.75, 3.05) is 34.5 Å². The highest BCUT2D eigenvalue weighted by molar-refractivity contribution is 8.04. The molecule has 9 heteroatoms. The predicted octanol–water partition coefficient (Wildman–Crippen LogP) is 3.26. The standard InChI is InChI=1S/C10H8N2O2.C7H16S5/c11-10(6-13)9-3-1-2-8(4-9)5-12-7-14;8-1-3-11-6-7(5-10)12-4-2-9/h1-4H,5,11H2;7-10H,1-6H2. The van der Waals surface area contributed by atoms with Crippen molar-refractivity contribution in [2.45, 2.75) is 11.8 Å². The first-order valence-corrected chi connectivity index (χ1v) is 11.9. The van der Waals surface area contributed by atoms with E-state index in [-0.39, 0.29) is 12.2 Å². The van der Waals surface area contributed by atoms with Crippen molar-refractivity contribution in [3.63, 3.8) is 0 Å². The van der Waals surface area contributed by atoms with Crippen molar-refractivity contribution < 1.29 is 9.59 Å². The molecule has 0 bridgehead atoms. The average molecular weight is 449 g/mol. The number of thiol groups is 3. The summed E-state index contributed by atoms with van der Waals surface area (Å²) >= 11 is 16.6. The average Bonchev–Trinajstić information content (AvgIpc) is 2.69. The van der Waals surface area contributed by atoms with Crippen molar-refractivity contribution in [1.29, 1.82) is 0 Å². The van der Waals surface area contributed by atoms with E-state index in [9.17, 15) is 9.59 Å². The fourth-order valence-electron chi connectivity index (χ4n) is 1.67. The van der Waals surface area contributed by atoms with Crippen molar-refractivity contribution in [2.24, 2.45) is 10.7 Å². The summed E-state index contributed by atoms with van der Waals surface area (Å²) in [6.07, 6.45) is 1.44. The monoisotopic (exact) mass is 448 g/mol. The molecule has 0 fully saturated rings. The van der Waals surface area contributed by atoms with E-state index >= 15 is 0 Å². The number of aliphatic imine (C=N–C) groups is 1. The van der Waals surface area contributed by atoms with Gasteiger partial charge in [-0.2, -0.15) is 61.4 Å². The molecule has 0 saturated heterocycles. The Bertz CT molecular complexity index is 603. The molecule has 26 heavy (non-hydrogen) atoms. The SMILES string of the molecule is NC(=C=O)c1cccc(CN=C=O)c1.SCCSCC(CS)SCCS. The summed E-state index contributed by atoms with van der Waals surface area (Å²) in [5, 5.41) is 0.686. The van der Waals surface area contributed by atoms with Gasteiger partial charge in [-0.05, 0) is 23.1 Å². The van der Waals surface area contributed by atoms with Gasteiger partial charge in [-0.1, -0.05) is 18.2 Å². The smallest absolute Gasteiger partial charge is 0.235 e. The number of nitrogens with zero attached hydrogens (tertiary/aromatic N) is 1. The van der Waals surface area contributed by atoms with Crippen LogP contribution in [0, 0.1) is 0 Å². The van der Waals surface area contributed by atoms with E-state index in [1.165, 1.54) is 11.8 Å². The quantitative estimate of drug-likeness (QED) is 0.137. The van der Waals surface area contributed by atoms with E-state index < -0.39 is 0 Å². The lowest BCUT2D eigenvalue weighted by Gasteiger charge is -2.12. The summed E-state index contributed by atoms with van der Waals surface area (Å²) in [6, 6.07) is 6.88. The Labute approximate surface area is 180 Å². The lowest BCUT2D eigenvalue weighted by molar-refractivity contribution is 0.562. The number of nitrogens with two attached hydrogens (primary N) is 1. The minimum absolute atomic E-state index is 0.0435. The third-order valence-electron chi connectivity index (χ3n) is 2.86. The van der Waals surface area contributed by atoms with Gasteiger partial charge in [-0.25, -0.2) is 14.6 Å². The summed E-state index contributed by atoms with van der Waals surface area (Å²) in [5.74, 6) is 7.99. The van der Waals surface area contributed by atoms with Crippen LogP contribution in [0.3, 0.4) is 0 Å². The molecule has 144 valence electrons. The highest BCUT2D eigenvalue weighted by Gasteiger charge is 2.05. The second-order valence-corrected chi connectivity index (χ2v) is 8.64. The van der Waals surface area contributed by atoms with Gasteiger partial charge in [0.05, 0.1) is 6.54 Å². The molecule has 0 amide bonds. The lowest BCUT2D eigenvalue weighted by atomic mass is 10.1. The van der Waals surface area contributed by atoms with Crippen LogP contribution < -0.4 is 5.73 Å². The maximum atomic E-state index is 10.3. The van der Waals surface area contributed by atoms with Gasteiger partial charge in [0.2, 0.25) is 6.08 Å². The molecule has 2 N–H and O–H groups in total. The molecule has 0 saturated carbocycles. The van der Waals surface area contributed by atoms with Crippen LogP contribution in [-0.2, 0) is 16.1 Å². The molecule has 1 unspecified atom stereocenters. The second-order valence-electron chi connectivity index (χ2n) is 4.82. The Morgan fingerprint density at radius 1 is 1.19 bits per heavy atom. The highest BCUT2D eigenvalue weighted by atomic mass is 32.2. The first-order valence-electron chi connectivity index (χ1n) is 7.78. The lowest BCUT2D eigenvalue weighted by Crippen LogP contribution is -2.10. The van der Waals surface area contributed by atoms with Crippen LogP contribution in [0.15, 0.2) is 29.3 Å². The molecule has 4 nitrogen and oxygen atoms in total. The van der Waals surface area contributed by atoms with Crippen LogP contribution in [0.4, 0.5) is 0 Å². The Kier molecular flexibility index (Phi) is 17.7. The number of hydrogen-bond acceptors (Lipinski definition) is 9. The van der Waals surface area contributed by atoms with Gasteiger partial charge in [0.1, 0.15) is 5.70 Å². The van der Waals surface area contributed by atoms with Crippen molar-refractivity contribution in [3.8, 4) is 0 Å². The summed E-state index contributed by atoms with van der Waals surface area (Å²) in [4.78, 5) is 23.5. The Hall–Kier alpha value is -0.400. The van der Waals surface area contributed by atoms with Crippen molar-refractivity contribution >= 4 is 79.1 Å². The van der Waals surface area contributed by atoms with E-state index in [4.69, 9.17) is 5.73 Å². The molecule has 0 aromatic heterocycles. The zero-order valence-corrected chi connectivity index (χ0v) is 18.7. The van der Waals surface area contributed by atoms with E-state index in [0.29, 0.717) is 10.8 Å². The maximum absolute atomic E-state index is 10.3. The molecule has 0 spiro atoms. The van der Waals surface area contributed by atoms with E-state index in [2.05, 4.69) is 42.9 Å². The normalized spacial score (nSPS) is 10.7. The van der Waals surface area contributed by atoms with Gasteiger partial charge in [-0.3, -0.25) is 0 Å². The number of isocyanates is 1. The van der Waals surface area contributed by atoms with Crippen LogP contribution in [-0.4, -0.2) is 51.8 Å². The Balaban J connectivity index is 0.000000488. The molecular weight excluding hydrogens is 425 g/mol. The fraction of sp³-hybridized carbons (Fsp3) is 0.471. The largest absolute Gasteiger partial charge is 0.389 e. The topological polar surface area (TPSA) is 72.5 Å². The van der Waals surface area contributed by atoms with Crippen LogP contribution in [0.5, 0.6) is 0 Å². The zero-order chi connectivity index (χ0) is 19.6. The van der Waals surface area contributed by atoms with Crippen LogP contribution in [0.25, 0.3) is 5.70 Å². The van der Waals surface area contributed by atoms with E-state index in [1.54, 1.807) is 30.2 Å². The summed E-state index contributed by atoms with van der Waals surface area (Å²) in [6.45, 7) is 0.240. The minimum Gasteiger partial charge on any atom is -0.389 e. The Morgan fingerprint density at radius 2 is 1.92 bits per heavy atom. The molecule has 0 radical (unpaired) electrons. The first kappa shape index (κ1) is 25.6. The molecule has 1 aromatic carbocycles. The molecule has 0 heterocycles. The molecule has 0 aliphatic heterocycles. The third-order valence-corrected chi connectivity index (χ3v) is 7.19. The van der Waals surface area contributed by atoms with E-state index in [1.807, 2.05) is 23.5 Å². The molecule has 1 rings (SSSR count). The number of hydrogen-bond donors (Lipinski definition) is 4. The zero-order valence-electron chi connectivity index (χ0n) is 14.3. The van der Waals surface area contributed by atoms with Gasteiger partial charge < -0.3 is 5.73 Å².